The van der Waals surface area contributed by atoms with Crippen molar-refractivity contribution in [3.05, 3.63) is 262 Å². The summed E-state index contributed by atoms with van der Waals surface area (Å²) in [5.41, 5.74) is 25.8. The molecule has 16 rings (SSSR count). The molecular formula is C105H138N12+4. The first-order valence-electron chi connectivity index (χ1n) is 43.7. The maximum Gasteiger partial charge on any atom is 0.286 e. The van der Waals surface area contributed by atoms with Crippen LogP contribution in [0.4, 0.5) is 23.3 Å². The summed E-state index contributed by atoms with van der Waals surface area (Å²) in [6.45, 7) is 47.5. The summed E-state index contributed by atoms with van der Waals surface area (Å²) in [5.74, 6) is 5.74. The van der Waals surface area contributed by atoms with Gasteiger partial charge in [0.05, 0.1) is 28.2 Å². The summed E-state index contributed by atoms with van der Waals surface area (Å²) in [7, 11) is 11.0. The molecule has 6 aromatic carbocycles. The molecule has 4 aromatic heterocycles. The zero-order chi connectivity index (χ0) is 84.0. The lowest BCUT2D eigenvalue weighted by molar-refractivity contribution is -0.648. The van der Waals surface area contributed by atoms with Crippen molar-refractivity contribution in [2.45, 2.75) is 258 Å². The molecule has 6 aliphatic rings. The van der Waals surface area contributed by atoms with Crippen molar-refractivity contribution in [2.75, 3.05) is 26.6 Å². The van der Waals surface area contributed by atoms with E-state index in [2.05, 4.69) is 439 Å². The third-order valence-corrected chi connectivity index (χ3v) is 26.7. The Hall–Kier alpha value is -10.2. The van der Waals surface area contributed by atoms with E-state index >= 15 is 0 Å². The van der Waals surface area contributed by atoms with Gasteiger partial charge in [0.25, 0.3) is 23.3 Å². The monoisotopic (exact) mass is 1570 g/mol. The fourth-order valence-corrected chi connectivity index (χ4v) is 19.5. The lowest BCUT2D eigenvalue weighted by Gasteiger charge is -2.36. The smallest absolute Gasteiger partial charge is 0.286 e. The van der Waals surface area contributed by atoms with Crippen molar-refractivity contribution in [3.63, 3.8) is 0 Å². The van der Waals surface area contributed by atoms with E-state index in [-0.39, 0.29) is 17.1 Å². The SMILES string of the molecule is Cc1cc(-c2c(C)ccc3ccccc23)[n+](C)c(N2C=CN(C(C)C)[C@H]2C)c1C.Cc1ccc(C)c(-c2cc(CC(C)(C)C)cc(N3C=CN(C(C)(C)C)[C@H]3C)[n+]2C)c1C.Cc1cccc(-c2c3ccccc3cc(N3C=CN(C)[C@H]3C)[n+]2C)c1C.Cc1ccccc1-c1cc(C2CCCC2)cc(N2C=CN(C3CCCCC3)[C@H]2C)[n+]1C. The van der Waals surface area contributed by atoms with Crippen molar-refractivity contribution < 1.29 is 18.3 Å². The van der Waals surface area contributed by atoms with E-state index in [1.54, 1.807) is 0 Å². The molecule has 117 heavy (non-hydrogen) atoms. The fraction of sp³-hybridized carbons (Fsp3) is 0.429. The van der Waals surface area contributed by atoms with Crippen molar-refractivity contribution in [1.29, 1.82) is 0 Å². The molecule has 8 heterocycles. The van der Waals surface area contributed by atoms with E-state index in [9.17, 15) is 0 Å². The van der Waals surface area contributed by atoms with Gasteiger partial charge in [-0.3, -0.25) is 0 Å². The number of hydrogen-bond donors (Lipinski definition) is 0. The van der Waals surface area contributed by atoms with Crippen LogP contribution in [0.3, 0.4) is 0 Å². The van der Waals surface area contributed by atoms with Crippen molar-refractivity contribution in [3.8, 4) is 45.0 Å². The minimum absolute atomic E-state index is 0.0821. The zero-order valence-electron chi connectivity index (χ0n) is 76.0. The van der Waals surface area contributed by atoms with Crippen LogP contribution in [0.5, 0.6) is 0 Å². The third kappa shape index (κ3) is 17.3. The molecule has 4 atom stereocenters. The van der Waals surface area contributed by atoms with Gasteiger partial charge in [-0.15, -0.1) is 0 Å². The van der Waals surface area contributed by atoms with E-state index < -0.39 is 0 Å². The number of fused-ring (bicyclic) bond motifs is 2. The van der Waals surface area contributed by atoms with Gasteiger partial charge >= 0.3 is 0 Å². The molecule has 2 aliphatic carbocycles. The molecule has 0 unspecified atom stereocenters. The van der Waals surface area contributed by atoms with Crippen LogP contribution >= 0.6 is 0 Å². The molecule has 0 amide bonds. The van der Waals surface area contributed by atoms with Crippen molar-refractivity contribution in [2.24, 2.45) is 33.6 Å². The maximum atomic E-state index is 2.62. The van der Waals surface area contributed by atoms with Crippen LogP contribution in [0.2, 0.25) is 0 Å². The Morgan fingerprint density at radius 2 is 0.949 bits per heavy atom. The van der Waals surface area contributed by atoms with Crippen LogP contribution in [0.15, 0.2) is 201 Å². The minimum atomic E-state index is 0.0821. The van der Waals surface area contributed by atoms with E-state index in [0.29, 0.717) is 36.5 Å². The molecular weight excluding hydrogens is 1430 g/mol. The third-order valence-electron chi connectivity index (χ3n) is 26.7. The van der Waals surface area contributed by atoms with Crippen LogP contribution in [0, 0.1) is 67.7 Å². The van der Waals surface area contributed by atoms with Crippen LogP contribution in [-0.4, -0.2) is 68.9 Å². The summed E-state index contributed by atoms with van der Waals surface area (Å²) in [6, 6.07) is 57.3. The number of hydrogen-bond acceptors (Lipinski definition) is 8. The van der Waals surface area contributed by atoms with Gasteiger partial charge in [0.2, 0.25) is 0 Å². The topological polar surface area (TPSA) is 41.4 Å². The van der Waals surface area contributed by atoms with Crippen LogP contribution in [0.25, 0.3) is 66.6 Å². The maximum absolute atomic E-state index is 2.62. The molecule has 12 heteroatoms. The number of rotatable bonds is 12. The van der Waals surface area contributed by atoms with Gasteiger partial charge in [0, 0.05) is 101 Å². The van der Waals surface area contributed by atoms with Crippen LogP contribution in [-0.2, 0) is 34.6 Å². The van der Waals surface area contributed by atoms with Gasteiger partial charge in [-0.05, 0) is 258 Å². The first-order valence-corrected chi connectivity index (χ1v) is 43.7. The molecule has 614 valence electrons. The Kier molecular flexibility index (Phi) is 25.2. The number of anilines is 4. The highest BCUT2D eigenvalue weighted by Gasteiger charge is 2.42. The minimum Gasteiger partial charge on any atom is -0.339 e. The number of nitrogens with zero attached hydrogens (tertiary/aromatic N) is 12. The number of aromatic nitrogens is 4. The lowest BCUT2D eigenvalue weighted by atomic mass is 9.87. The highest BCUT2D eigenvalue weighted by molar-refractivity contribution is 5.97. The Bertz CT molecular complexity index is 5420. The summed E-state index contributed by atoms with van der Waals surface area (Å²) in [6.07, 6.45) is 32.5. The Morgan fingerprint density at radius 1 is 0.402 bits per heavy atom. The fourth-order valence-electron chi connectivity index (χ4n) is 19.5. The first-order chi connectivity index (χ1) is 55.6. The largest absolute Gasteiger partial charge is 0.339 e. The average molecular weight is 1570 g/mol. The number of aryl methyl sites for hydroxylation is 6. The van der Waals surface area contributed by atoms with Gasteiger partial charge < -0.3 is 19.6 Å². The van der Waals surface area contributed by atoms with Crippen LogP contribution < -0.4 is 37.9 Å². The lowest BCUT2D eigenvalue weighted by Crippen LogP contribution is -2.49. The molecule has 0 bridgehead atoms. The zero-order valence-corrected chi connectivity index (χ0v) is 76.0. The molecule has 0 spiro atoms. The van der Waals surface area contributed by atoms with E-state index in [1.165, 1.54) is 209 Å². The number of pyridine rings is 4. The van der Waals surface area contributed by atoms with Gasteiger partial charge in [0.15, 0.2) is 24.7 Å². The van der Waals surface area contributed by atoms with Crippen LogP contribution in [0.1, 0.15) is 208 Å². The second-order valence-electron chi connectivity index (χ2n) is 37.3. The Balaban J connectivity index is 0.000000136. The molecule has 10 aromatic rings. The van der Waals surface area contributed by atoms with Gasteiger partial charge in [-0.25, -0.2) is 37.9 Å². The molecule has 0 N–H and O–H groups in total. The first kappa shape index (κ1) is 84.7. The second-order valence-corrected chi connectivity index (χ2v) is 37.3. The summed E-state index contributed by atoms with van der Waals surface area (Å²) < 4.78 is 9.52. The normalized spacial score (nSPS) is 18.3. The highest BCUT2D eigenvalue weighted by Crippen LogP contribution is 2.42. The standard InChI is InChI=1S/C28H38N3.C28H42N3.C26H32N3.C23H26N3/c1-21-11-7-10-16-26(21)27-19-24(23-12-8-9-13-23)20-28(29(27)3)31-18-17-30(22(31)2)25-14-5-4-6-15-25;1-19-12-13-20(2)26(21(19)3)24-16-23(18-27(5,6)7)17-25(29(24)11)30-14-15-31(22(30)4)28(8,9)10;1-17(2)28-14-15-29(21(28)6)26-20(5)19(4)16-24(27(26)7)25-18(3)12-13-22-10-8-9-11-23(22)25;1-16-9-8-12-20(17(16)2)23-21-11-7-6-10-19(21)15-22(25(23)5)26-14-13-24(4)18(26)3/h7,10-11,16-20,22-23,25H,4-6,8-9,12-15H2,1-3H3;12-17,22H,18H2,1-11H3;8-17,21H,1-7H3;6-15,18H,1-5H3/q4*+1/t2*22-;21-;18-/m1011/s1. The second kappa shape index (κ2) is 34.8. The Morgan fingerprint density at radius 3 is 1.61 bits per heavy atom. The molecule has 0 saturated heterocycles. The van der Waals surface area contributed by atoms with Gasteiger partial charge in [0.1, 0.15) is 47.6 Å². The molecule has 4 aliphatic heterocycles. The predicted molar refractivity (Wildman–Crippen MR) is 494 cm³/mol. The summed E-state index contributed by atoms with van der Waals surface area (Å²) in [5, 5.41) is 5.16. The van der Waals surface area contributed by atoms with Crippen molar-refractivity contribution in [1.82, 2.24) is 19.6 Å². The molecule has 2 fully saturated rings. The Labute approximate surface area is 704 Å². The van der Waals surface area contributed by atoms with E-state index in [0.717, 1.165) is 6.42 Å². The number of benzene rings is 6. The van der Waals surface area contributed by atoms with E-state index in [4.69, 9.17) is 0 Å². The highest BCUT2D eigenvalue weighted by atomic mass is 15.4. The van der Waals surface area contributed by atoms with Gasteiger partial charge in [-0.2, -0.15) is 0 Å². The van der Waals surface area contributed by atoms with E-state index in [1.807, 2.05) is 0 Å². The molecule has 2 saturated carbocycles. The average Bonchev–Trinajstić information content (AvgIpc) is 1.59. The van der Waals surface area contributed by atoms with Gasteiger partial charge in [-0.1, -0.05) is 168 Å². The molecule has 12 nitrogen and oxygen atoms in total. The summed E-state index contributed by atoms with van der Waals surface area (Å²) >= 11 is 0. The predicted octanol–water partition coefficient (Wildman–Crippen LogP) is 23.0. The quantitative estimate of drug-likeness (QED) is 0.112. The van der Waals surface area contributed by atoms with Crippen molar-refractivity contribution >= 4 is 44.8 Å². The summed E-state index contributed by atoms with van der Waals surface area (Å²) in [4.78, 5) is 19.4. The molecule has 0 radical (unpaired) electrons.